The van der Waals surface area contributed by atoms with Crippen LogP contribution in [0.2, 0.25) is 19.6 Å². The van der Waals surface area contributed by atoms with Gasteiger partial charge in [-0.1, -0.05) is 50.0 Å². The second-order valence-corrected chi connectivity index (χ2v) is 11.6. The minimum atomic E-state index is -1.31. The molecule has 0 N–H and O–H groups in total. The highest BCUT2D eigenvalue weighted by Crippen LogP contribution is 2.36. The second kappa shape index (κ2) is 4.95. The van der Waals surface area contributed by atoms with E-state index in [1.165, 1.54) is 24.8 Å². The average molecular weight is 248 g/mol. The maximum absolute atomic E-state index is 6.30. The second-order valence-electron chi connectivity index (χ2n) is 6.21. The van der Waals surface area contributed by atoms with Crippen molar-refractivity contribution in [3.05, 3.63) is 35.9 Å². The summed E-state index contributed by atoms with van der Waals surface area (Å²) in [5.41, 5.74) is 1.43. The van der Waals surface area contributed by atoms with E-state index in [1.54, 1.807) is 0 Å². The van der Waals surface area contributed by atoms with Gasteiger partial charge in [0.1, 0.15) is 0 Å². The van der Waals surface area contributed by atoms with Gasteiger partial charge in [-0.3, -0.25) is 0 Å². The van der Waals surface area contributed by atoms with Gasteiger partial charge in [0.25, 0.3) is 0 Å². The third-order valence-corrected chi connectivity index (χ3v) is 7.36. The van der Waals surface area contributed by atoms with Crippen LogP contribution < -0.4 is 0 Å². The Morgan fingerprint density at radius 1 is 1.12 bits per heavy atom. The molecule has 1 aromatic rings. The molecule has 0 amide bonds. The predicted molar refractivity (Wildman–Crippen MR) is 76.0 cm³/mol. The summed E-state index contributed by atoms with van der Waals surface area (Å²) in [4.78, 5) is 0. The van der Waals surface area contributed by atoms with Crippen molar-refractivity contribution in [3.63, 3.8) is 0 Å². The SMILES string of the molecule is C[Si](C)(C)C1(Cc2ccccc2)CCCCO1. The van der Waals surface area contributed by atoms with Gasteiger partial charge in [-0.15, -0.1) is 0 Å². The zero-order chi connectivity index (χ0) is 12.4. The van der Waals surface area contributed by atoms with Crippen LogP contribution >= 0.6 is 0 Å². The lowest BCUT2D eigenvalue weighted by molar-refractivity contribution is -0.0253. The Morgan fingerprint density at radius 3 is 2.35 bits per heavy atom. The van der Waals surface area contributed by atoms with Crippen LogP contribution in [-0.4, -0.2) is 19.9 Å². The highest BCUT2D eigenvalue weighted by molar-refractivity contribution is 6.79. The first-order chi connectivity index (χ1) is 8.04. The van der Waals surface area contributed by atoms with Crippen molar-refractivity contribution in [2.45, 2.75) is 50.5 Å². The molecule has 1 atom stereocenters. The highest BCUT2D eigenvalue weighted by Gasteiger charge is 2.45. The summed E-state index contributed by atoms with van der Waals surface area (Å²) in [6.45, 7) is 8.29. The predicted octanol–water partition coefficient (Wildman–Crippen LogP) is 4.05. The van der Waals surface area contributed by atoms with Gasteiger partial charge >= 0.3 is 0 Å². The van der Waals surface area contributed by atoms with Crippen LogP contribution in [-0.2, 0) is 11.2 Å². The van der Waals surface area contributed by atoms with Crippen molar-refractivity contribution in [2.24, 2.45) is 0 Å². The molecule has 2 heteroatoms. The zero-order valence-corrected chi connectivity index (χ0v) is 12.3. The van der Waals surface area contributed by atoms with Gasteiger partial charge in [0.05, 0.1) is 13.3 Å². The Labute approximate surface area is 106 Å². The minimum Gasteiger partial charge on any atom is -0.378 e. The van der Waals surface area contributed by atoms with E-state index >= 15 is 0 Å². The molecule has 2 rings (SSSR count). The fourth-order valence-electron chi connectivity index (χ4n) is 2.77. The molecule has 1 aromatic carbocycles. The van der Waals surface area contributed by atoms with E-state index in [-0.39, 0.29) is 5.22 Å². The zero-order valence-electron chi connectivity index (χ0n) is 11.3. The number of hydrogen-bond donors (Lipinski definition) is 0. The summed E-state index contributed by atoms with van der Waals surface area (Å²) in [6.07, 6.45) is 4.92. The van der Waals surface area contributed by atoms with E-state index in [2.05, 4.69) is 50.0 Å². The molecule has 1 unspecified atom stereocenters. The quantitative estimate of drug-likeness (QED) is 0.733. The smallest absolute Gasteiger partial charge is 0.0828 e. The highest BCUT2D eigenvalue weighted by atomic mass is 28.3. The largest absolute Gasteiger partial charge is 0.378 e. The van der Waals surface area contributed by atoms with Gasteiger partial charge in [0.2, 0.25) is 0 Å². The molecule has 1 heterocycles. The molecule has 17 heavy (non-hydrogen) atoms. The number of ether oxygens (including phenoxy) is 1. The molecule has 0 aromatic heterocycles. The van der Waals surface area contributed by atoms with Gasteiger partial charge in [-0.2, -0.15) is 0 Å². The Hall–Kier alpha value is -0.603. The van der Waals surface area contributed by atoms with Crippen molar-refractivity contribution >= 4 is 8.07 Å². The van der Waals surface area contributed by atoms with Crippen molar-refractivity contribution in [3.8, 4) is 0 Å². The fourth-order valence-corrected chi connectivity index (χ4v) is 4.97. The van der Waals surface area contributed by atoms with Crippen LogP contribution in [0.3, 0.4) is 0 Å². The van der Waals surface area contributed by atoms with Gasteiger partial charge in [-0.25, -0.2) is 0 Å². The molecule has 1 fully saturated rings. The molecule has 1 nitrogen and oxygen atoms in total. The maximum atomic E-state index is 6.30. The monoisotopic (exact) mass is 248 g/mol. The summed E-state index contributed by atoms with van der Waals surface area (Å²) in [5.74, 6) is 0. The topological polar surface area (TPSA) is 9.23 Å². The van der Waals surface area contributed by atoms with Crippen LogP contribution in [0.5, 0.6) is 0 Å². The molecular formula is C15H24OSi. The van der Waals surface area contributed by atoms with Crippen LogP contribution in [0.1, 0.15) is 24.8 Å². The summed E-state index contributed by atoms with van der Waals surface area (Å²) in [6, 6.07) is 10.8. The molecule has 1 aliphatic rings. The third-order valence-electron chi connectivity index (χ3n) is 4.05. The lowest BCUT2D eigenvalue weighted by Gasteiger charge is -2.46. The van der Waals surface area contributed by atoms with Gasteiger partial charge in [0.15, 0.2) is 0 Å². The Bertz CT molecular complexity index is 347. The van der Waals surface area contributed by atoms with E-state index in [1.807, 2.05) is 0 Å². The number of benzene rings is 1. The molecule has 94 valence electrons. The number of hydrogen-bond acceptors (Lipinski definition) is 1. The van der Waals surface area contributed by atoms with Crippen molar-refractivity contribution in [1.29, 1.82) is 0 Å². The standard InChI is InChI=1S/C15H24OSi/c1-17(2,3)15(11-7-8-12-16-15)13-14-9-5-4-6-10-14/h4-6,9-10H,7-8,11-13H2,1-3H3. The maximum Gasteiger partial charge on any atom is 0.0828 e. The molecule has 0 bridgehead atoms. The first-order valence-electron chi connectivity index (χ1n) is 6.71. The minimum absolute atomic E-state index is 0.159. The summed E-state index contributed by atoms with van der Waals surface area (Å²) < 4.78 is 6.30. The van der Waals surface area contributed by atoms with E-state index < -0.39 is 8.07 Å². The van der Waals surface area contributed by atoms with Crippen molar-refractivity contribution in [2.75, 3.05) is 6.61 Å². The lowest BCUT2D eigenvalue weighted by atomic mass is 10.0. The van der Waals surface area contributed by atoms with Crippen LogP contribution in [0.4, 0.5) is 0 Å². The van der Waals surface area contributed by atoms with Crippen LogP contribution in [0, 0.1) is 0 Å². The lowest BCUT2D eigenvalue weighted by Crippen LogP contribution is -2.57. The molecule has 0 aliphatic carbocycles. The molecule has 0 saturated carbocycles. The summed E-state index contributed by atoms with van der Waals surface area (Å²) in [5, 5.41) is 0.159. The molecular weight excluding hydrogens is 224 g/mol. The number of rotatable bonds is 3. The molecule has 1 saturated heterocycles. The Morgan fingerprint density at radius 2 is 1.82 bits per heavy atom. The van der Waals surface area contributed by atoms with Crippen molar-refractivity contribution in [1.82, 2.24) is 0 Å². The average Bonchev–Trinajstić information content (AvgIpc) is 2.30. The van der Waals surface area contributed by atoms with E-state index in [4.69, 9.17) is 4.74 Å². The van der Waals surface area contributed by atoms with Gasteiger partial charge in [-0.05, 0) is 31.2 Å². The van der Waals surface area contributed by atoms with E-state index in [0.29, 0.717) is 0 Å². The molecule has 0 radical (unpaired) electrons. The Balaban J connectivity index is 2.22. The van der Waals surface area contributed by atoms with Crippen LogP contribution in [0.25, 0.3) is 0 Å². The molecule has 0 spiro atoms. The van der Waals surface area contributed by atoms with Crippen molar-refractivity contribution < 1.29 is 4.74 Å². The first kappa shape index (κ1) is 12.8. The first-order valence-corrected chi connectivity index (χ1v) is 10.2. The molecule has 1 aliphatic heterocycles. The normalized spacial score (nSPS) is 25.8. The van der Waals surface area contributed by atoms with Crippen LogP contribution in [0.15, 0.2) is 30.3 Å². The fraction of sp³-hybridized carbons (Fsp3) is 0.600. The Kier molecular flexibility index (Phi) is 3.74. The van der Waals surface area contributed by atoms with Gasteiger partial charge in [0, 0.05) is 6.61 Å². The van der Waals surface area contributed by atoms with E-state index in [9.17, 15) is 0 Å². The van der Waals surface area contributed by atoms with E-state index in [0.717, 1.165) is 13.0 Å². The third kappa shape index (κ3) is 2.80. The van der Waals surface area contributed by atoms with Gasteiger partial charge < -0.3 is 4.74 Å². The summed E-state index contributed by atoms with van der Waals surface area (Å²) >= 11 is 0. The summed E-state index contributed by atoms with van der Waals surface area (Å²) in [7, 11) is -1.31.